The van der Waals surface area contributed by atoms with E-state index in [1.807, 2.05) is 0 Å². The van der Waals surface area contributed by atoms with Gasteiger partial charge in [-0.3, -0.25) is 4.79 Å². The van der Waals surface area contributed by atoms with E-state index in [1.54, 1.807) is 6.07 Å². The number of nitrogens with one attached hydrogen (secondary N) is 1. The van der Waals surface area contributed by atoms with Gasteiger partial charge in [0.1, 0.15) is 5.76 Å². The van der Waals surface area contributed by atoms with Gasteiger partial charge in [0.05, 0.1) is 12.2 Å². The van der Waals surface area contributed by atoms with Crippen molar-refractivity contribution in [2.75, 3.05) is 12.4 Å². The standard InChI is InChI=1S/C18H20N2O5/c1-24-10-11-7-12(18(22)23)9-13(8-11)19-17(21)16-14-5-3-2-4-6-15(14)25-20-16/h7-9H,2-6,10H2,1H3,(H,19,21)(H,22,23). The summed E-state index contributed by atoms with van der Waals surface area (Å²) >= 11 is 0. The second kappa shape index (κ2) is 7.48. The monoisotopic (exact) mass is 344 g/mol. The van der Waals surface area contributed by atoms with E-state index in [1.165, 1.54) is 19.2 Å². The highest BCUT2D eigenvalue weighted by Crippen LogP contribution is 2.25. The van der Waals surface area contributed by atoms with Gasteiger partial charge in [0.15, 0.2) is 5.69 Å². The highest BCUT2D eigenvalue weighted by Gasteiger charge is 2.23. The van der Waals surface area contributed by atoms with Gasteiger partial charge in [-0.15, -0.1) is 0 Å². The molecule has 3 rings (SSSR count). The van der Waals surface area contributed by atoms with Gasteiger partial charge in [0, 0.05) is 24.8 Å². The minimum atomic E-state index is -1.07. The number of carboxylic acids is 1. The van der Waals surface area contributed by atoms with E-state index < -0.39 is 11.9 Å². The predicted molar refractivity (Wildman–Crippen MR) is 89.8 cm³/mol. The lowest BCUT2D eigenvalue weighted by atomic mass is 10.1. The summed E-state index contributed by atoms with van der Waals surface area (Å²) < 4.78 is 10.4. The second-order valence-corrected chi connectivity index (χ2v) is 6.10. The Kier molecular flexibility index (Phi) is 5.14. The molecule has 1 heterocycles. The first-order valence-electron chi connectivity index (χ1n) is 8.23. The number of hydrogen-bond donors (Lipinski definition) is 2. The highest BCUT2D eigenvalue weighted by molar-refractivity contribution is 6.04. The summed E-state index contributed by atoms with van der Waals surface area (Å²) in [6, 6.07) is 4.62. The molecule has 132 valence electrons. The first-order valence-corrected chi connectivity index (χ1v) is 8.23. The fourth-order valence-corrected chi connectivity index (χ4v) is 3.07. The molecule has 1 amide bonds. The fourth-order valence-electron chi connectivity index (χ4n) is 3.07. The van der Waals surface area contributed by atoms with E-state index in [0.717, 1.165) is 43.4 Å². The van der Waals surface area contributed by atoms with Crippen LogP contribution in [0.15, 0.2) is 22.7 Å². The van der Waals surface area contributed by atoms with Gasteiger partial charge in [-0.2, -0.15) is 0 Å². The van der Waals surface area contributed by atoms with E-state index in [2.05, 4.69) is 10.5 Å². The van der Waals surface area contributed by atoms with Crippen LogP contribution in [-0.4, -0.2) is 29.2 Å². The number of anilines is 1. The molecular weight excluding hydrogens is 324 g/mol. The summed E-state index contributed by atoms with van der Waals surface area (Å²) in [6.07, 6.45) is 4.70. The SMILES string of the molecule is COCc1cc(NC(=O)c2noc3c2CCCCC3)cc(C(=O)O)c1. The number of carbonyl (C=O) groups is 2. The maximum atomic E-state index is 12.6. The van der Waals surface area contributed by atoms with Crippen molar-refractivity contribution in [1.29, 1.82) is 0 Å². The molecule has 0 aliphatic heterocycles. The van der Waals surface area contributed by atoms with Crippen molar-refractivity contribution in [2.24, 2.45) is 0 Å². The second-order valence-electron chi connectivity index (χ2n) is 6.10. The zero-order chi connectivity index (χ0) is 17.8. The average molecular weight is 344 g/mol. The molecule has 1 aliphatic carbocycles. The topological polar surface area (TPSA) is 102 Å². The number of aromatic carboxylic acids is 1. The molecule has 2 N–H and O–H groups in total. The lowest BCUT2D eigenvalue weighted by Crippen LogP contribution is -2.15. The molecule has 2 aromatic rings. The van der Waals surface area contributed by atoms with Crippen LogP contribution in [0.25, 0.3) is 0 Å². The maximum absolute atomic E-state index is 12.6. The third-order valence-electron chi connectivity index (χ3n) is 4.22. The zero-order valence-electron chi connectivity index (χ0n) is 14.0. The Labute approximate surface area is 145 Å². The number of aryl methyl sites for hydroxylation is 1. The molecule has 0 atom stereocenters. The molecule has 7 heteroatoms. The van der Waals surface area contributed by atoms with E-state index >= 15 is 0 Å². The molecule has 0 saturated carbocycles. The van der Waals surface area contributed by atoms with Gasteiger partial charge >= 0.3 is 5.97 Å². The molecule has 7 nitrogen and oxygen atoms in total. The van der Waals surface area contributed by atoms with Crippen molar-refractivity contribution in [2.45, 2.75) is 38.7 Å². The van der Waals surface area contributed by atoms with Crippen LogP contribution in [0.3, 0.4) is 0 Å². The van der Waals surface area contributed by atoms with E-state index in [9.17, 15) is 14.7 Å². The summed E-state index contributed by atoms with van der Waals surface area (Å²) in [7, 11) is 1.52. The van der Waals surface area contributed by atoms with Crippen LogP contribution in [0, 0.1) is 0 Å². The Morgan fingerprint density at radius 3 is 2.80 bits per heavy atom. The Bertz CT molecular complexity index is 797. The Morgan fingerprint density at radius 2 is 2.04 bits per heavy atom. The van der Waals surface area contributed by atoms with Gasteiger partial charge in [-0.05, 0) is 43.0 Å². The lowest BCUT2D eigenvalue weighted by Gasteiger charge is -2.09. The van der Waals surface area contributed by atoms with Gasteiger partial charge < -0.3 is 19.7 Å². The van der Waals surface area contributed by atoms with Crippen molar-refractivity contribution in [3.63, 3.8) is 0 Å². The predicted octanol–water partition coefficient (Wildman–Crippen LogP) is 3.04. The van der Waals surface area contributed by atoms with E-state index in [0.29, 0.717) is 11.3 Å². The lowest BCUT2D eigenvalue weighted by molar-refractivity contribution is 0.0696. The fraction of sp³-hybridized carbons (Fsp3) is 0.389. The third kappa shape index (κ3) is 3.88. The molecule has 0 fully saturated rings. The Morgan fingerprint density at radius 1 is 1.24 bits per heavy atom. The van der Waals surface area contributed by atoms with Crippen LogP contribution in [0.2, 0.25) is 0 Å². The van der Waals surface area contributed by atoms with Gasteiger partial charge in [0.25, 0.3) is 5.91 Å². The van der Waals surface area contributed by atoms with Gasteiger partial charge in [0.2, 0.25) is 0 Å². The van der Waals surface area contributed by atoms with Crippen LogP contribution in [0.1, 0.15) is 57.0 Å². The molecule has 0 unspecified atom stereocenters. The van der Waals surface area contributed by atoms with Crippen molar-refractivity contribution >= 4 is 17.6 Å². The Hall–Kier alpha value is -2.67. The normalized spacial score (nSPS) is 13.8. The van der Waals surface area contributed by atoms with Crippen LogP contribution in [-0.2, 0) is 24.2 Å². The molecule has 0 spiro atoms. The van der Waals surface area contributed by atoms with Crippen LogP contribution >= 0.6 is 0 Å². The van der Waals surface area contributed by atoms with Crippen LogP contribution in [0.5, 0.6) is 0 Å². The molecule has 1 aromatic carbocycles. The van der Waals surface area contributed by atoms with Crippen LogP contribution in [0.4, 0.5) is 5.69 Å². The van der Waals surface area contributed by atoms with Crippen molar-refractivity contribution in [1.82, 2.24) is 5.16 Å². The van der Waals surface area contributed by atoms with Crippen molar-refractivity contribution in [3.05, 3.63) is 46.3 Å². The van der Waals surface area contributed by atoms with Crippen molar-refractivity contribution < 1.29 is 24.0 Å². The average Bonchev–Trinajstić information content (AvgIpc) is 2.84. The minimum absolute atomic E-state index is 0.0869. The molecule has 1 aromatic heterocycles. The molecule has 0 radical (unpaired) electrons. The van der Waals surface area contributed by atoms with E-state index in [-0.39, 0.29) is 17.9 Å². The van der Waals surface area contributed by atoms with Crippen molar-refractivity contribution in [3.8, 4) is 0 Å². The number of nitrogens with zero attached hydrogens (tertiary/aromatic N) is 1. The van der Waals surface area contributed by atoms with Gasteiger partial charge in [-0.25, -0.2) is 4.79 Å². The molecular formula is C18H20N2O5. The quantitative estimate of drug-likeness (QED) is 0.808. The smallest absolute Gasteiger partial charge is 0.335 e. The minimum Gasteiger partial charge on any atom is -0.478 e. The molecule has 25 heavy (non-hydrogen) atoms. The highest BCUT2D eigenvalue weighted by atomic mass is 16.5. The first-order chi connectivity index (χ1) is 12.1. The summed E-state index contributed by atoms with van der Waals surface area (Å²) in [4.78, 5) is 23.9. The molecule has 1 aliphatic rings. The number of benzene rings is 1. The number of hydrogen-bond acceptors (Lipinski definition) is 5. The number of methoxy groups -OCH3 is 1. The number of ether oxygens (including phenoxy) is 1. The van der Waals surface area contributed by atoms with Crippen LogP contribution < -0.4 is 5.32 Å². The number of carboxylic acid groups (broad SMARTS) is 1. The summed E-state index contributed by atoms with van der Waals surface area (Å²) in [6.45, 7) is 0.253. The summed E-state index contributed by atoms with van der Waals surface area (Å²) in [5.41, 5.74) is 2.29. The summed E-state index contributed by atoms with van der Waals surface area (Å²) in [5.74, 6) is -0.677. The summed E-state index contributed by atoms with van der Waals surface area (Å²) in [5, 5.41) is 15.9. The maximum Gasteiger partial charge on any atom is 0.335 e. The third-order valence-corrected chi connectivity index (χ3v) is 4.22. The number of carbonyl (C=O) groups excluding carboxylic acids is 1. The first kappa shape index (κ1) is 17.2. The number of amides is 1. The molecule has 0 saturated heterocycles. The number of fused-ring (bicyclic) bond motifs is 1. The largest absolute Gasteiger partial charge is 0.478 e. The van der Waals surface area contributed by atoms with E-state index in [4.69, 9.17) is 9.26 Å². The number of aromatic nitrogens is 1. The number of rotatable bonds is 5. The van der Waals surface area contributed by atoms with Gasteiger partial charge in [-0.1, -0.05) is 11.6 Å². The molecule has 0 bridgehead atoms. The Balaban J connectivity index is 1.85. The zero-order valence-corrected chi connectivity index (χ0v) is 14.0.